The molecule has 1 atom stereocenters. The topological polar surface area (TPSA) is 24.5 Å². The van der Waals surface area contributed by atoms with Crippen molar-refractivity contribution in [1.82, 2.24) is 10.2 Å². The van der Waals surface area contributed by atoms with Gasteiger partial charge in [-0.1, -0.05) is 0 Å². The Morgan fingerprint density at radius 1 is 1.47 bits per heavy atom. The summed E-state index contributed by atoms with van der Waals surface area (Å²) in [6.45, 7) is 7.33. The van der Waals surface area contributed by atoms with Gasteiger partial charge in [-0.05, 0) is 50.2 Å². The Bertz CT molecular complexity index is 361. The highest BCUT2D eigenvalue weighted by atomic mass is 32.1. The number of aryl methyl sites for hydroxylation is 1. The normalized spacial score (nSPS) is 20.1. The molecule has 108 valence electrons. The molecule has 1 unspecified atom stereocenters. The van der Waals surface area contributed by atoms with Crippen molar-refractivity contribution in [3.63, 3.8) is 0 Å². The van der Waals surface area contributed by atoms with Crippen LogP contribution in [0.1, 0.15) is 29.7 Å². The number of ether oxygens (including phenoxy) is 1. The zero-order chi connectivity index (χ0) is 13.5. The first-order valence-electron chi connectivity index (χ1n) is 7.29. The van der Waals surface area contributed by atoms with Crippen molar-refractivity contribution in [3.05, 3.63) is 21.9 Å². The largest absolute Gasteiger partial charge is 0.377 e. The molecule has 1 aromatic heterocycles. The summed E-state index contributed by atoms with van der Waals surface area (Å²) in [5.41, 5.74) is 1.40. The standard InChI is InChI=1S/C15H26N2OS/c1-13-6-10-19-15(13)11-16-7-8-17(2)12-14-5-3-4-9-18-14/h6,10,14,16H,3-5,7-9,11-12H2,1-2H3. The third-order valence-electron chi connectivity index (χ3n) is 3.71. The molecule has 0 aliphatic carbocycles. The van der Waals surface area contributed by atoms with Gasteiger partial charge in [0.2, 0.25) is 0 Å². The number of likely N-dealkylation sites (N-methyl/N-ethyl adjacent to an activating group) is 1. The second kappa shape index (κ2) is 8.00. The lowest BCUT2D eigenvalue weighted by Gasteiger charge is -2.27. The zero-order valence-corrected chi connectivity index (χ0v) is 13.0. The van der Waals surface area contributed by atoms with Crippen LogP contribution in [0.5, 0.6) is 0 Å². The second-order valence-corrected chi connectivity index (χ2v) is 6.46. The highest BCUT2D eigenvalue weighted by Gasteiger charge is 2.15. The lowest BCUT2D eigenvalue weighted by atomic mass is 10.1. The van der Waals surface area contributed by atoms with Crippen LogP contribution in [0, 0.1) is 6.92 Å². The molecule has 0 aromatic carbocycles. The van der Waals surface area contributed by atoms with Gasteiger partial charge < -0.3 is 15.0 Å². The van der Waals surface area contributed by atoms with E-state index in [4.69, 9.17) is 4.74 Å². The van der Waals surface area contributed by atoms with E-state index in [-0.39, 0.29) is 0 Å². The van der Waals surface area contributed by atoms with Crippen molar-refractivity contribution < 1.29 is 4.74 Å². The average Bonchev–Trinajstić information content (AvgIpc) is 2.81. The van der Waals surface area contributed by atoms with Gasteiger partial charge >= 0.3 is 0 Å². The molecule has 2 rings (SSSR count). The van der Waals surface area contributed by atoms with E-state index >= 15 is 0 Å². The molecule has 2 heterocycles. The van der Waals surface area contributed by atoms with E-state index < -0.39 is 0 Å². The van der Waals surface area contributed by atoms with E-state index in [0.717, 1.165) is 32.8 Å². The van der Waals surface area contributed by atoms with Gasteiger partial charge in [-0.15, -0.1) is 11.3 Å². The van der Waals surface area contributed by atoms with Gasteiger partial charge in [0.05, 0.1) is 6.10 Å². The van der Waals surface area contributed by atoms with Crippen LogP contribution in [-0.2, 0) is 11.3 Å². The Balaban J connectivity index is 1.56. The lowest BCUT2D eigenvalue weighted by Crippen LogP contribution is -2.37. The molecule has 3 nitrogen and oxygen atoms in total. The van der Waals surface area contributed by atoms with Crippen LogP contribution in [0.4, 0.5) is 0 Å². The molecular formula is C15H26N2OS. The van der Waals surface area contributed by atoms with Crippen LogP contribution in [0.15, 0.2) is 11.4 Å². The number of rotatable bonds is 7. The average molecular weight is 282 g/mol. The Morgan fingerprint density at radius 3 is 3.05 bits per heavy atom. The van der Waals surface area contributed by atoms with E-state index in [1.54, 1.807) is 0 Å². The van der Waals surface area contributed by atoms with Gasteiger partial charge in [-0.3, -0.25) is 0 Å². The maximum absolute atomic E-state index is 5.77. The molecule has 19 heavy (non-hydrogen) atoms. The molecule has 1 fully saturated rings. The minimum atomic E-state index is 0.457. The maximum atomic E-state index is 5.77. The van der Waals surface area contributed by atoms with Gasteiger partial charge in [-0.25, -0.2) is 0 Å². The van der Waals surface area contributed by atoms with E-state index in [1.165, 1.54) is 29.7 Å². The molecule has 4 heteroatoms. The molecule has 1 N–H and O–H groups in total. The summed E-state index contributed by atoms with van der Waals surface area (Å²) < 4.78 is 5.77. The SMILES string of the molecule is Cc1ccsc1CNCCN(C)CC1CCCCO1. The van der Waals surface area contributed by atoms with Gasteiger partial charge in [0.1, 0.15) is 0 Å². The summed E-state index contributed by atoms with van der Waals surface area (Å²) in [6.07, 6.45) is 4.25. The number of thiophene rings is 1. The van der Waals surface area contributed by atoms with Crippen LogP contribution in [-0.4, -0.2) is 44.3 Å². The number of hydrogen-bond acceptors (Lipinski definition) is 4. The molecular weight excluding hydrogens is 256 g/mol. The number of nitrogens with one attached hydrogen (secondary N) is 1. The first-order chi connectivity index (χ1) is 9.25. The Kier molecular flexibility index (Phi) is 6.31. The van der Waals surface area contributed by atoms with Crippen LogP contribution >= 0.6 is 11.3 Å². The van der Waals surface area contributed by atoms with Crippen molar-refractivity contribution in [2.45, 2.75) is 38.8 Å². The number of nitrogens with zero attached hydrogens (tertiary/aromatic N) is 1. The van der Waals surface area contributed by atoms with Crippen LogP contribution < -0.4 is 5.32 Å². The third-order valence-corrected chi connectivity index (χ3v) is 4.74. The first-order valence-corrected chi connectivity index (χ1v) is 8.17. The predicted octanol–water partition coefficient (Wildman–Crippen LogP) is 2.65. The quantitative estimate of drug-likeness (QED) is 0.778. The minimum Gasteiger partial charge on any atom is -0.377 e. The summed E-state index contributed by atoms with van der Waals surface area (Å²) in [5, 5.41) is 5.69. The fourth-order valence-electron chi connectivity index (χ4n) is 2.45. The molecule has 0 spiro atoms. The summed E-state index contributed by atoms with van der Waals surface area (Å²) in [7, 11) is 2.19. The fraction of sp³-hybridized carbons (Fsp3) is 0.733. The Hall–Kier alpha value is -0.420. The summed E-state index contributed by atoms with van der Waals surface area (Å²) in [4.78, 5) is 3.84. The molecule has 1 aliphatic rings. The van der Waals surface area contributed by atoms with Gasteiger partial charge in [0, 0.05) is 37.7 Å². The molecule has 0 radical (unpaired) electrons. The Morgan fingerprint density at radius 2 is 2.37 bits per heavy atom. The first kappa shape index (κ1) is 15.0. The molecule has 1 aromatic rings. The van der Waals surface area contributed by atoms with Gasteiger partial charge in [0.15, 0.2) is 0 Å². The molecule has 1 aliphatic heterocycles. The monoisotopic (exact) mass is 282 g/mol. The summed E-state index contributed by atoms with van der Waals surface area (Å²) in [5.74, 6) is 0. The zero-order valence-electron chi connectivity index (χ0n) is 12.2. The van der Waals surface area contributed by atoms with E-state index in [2.05, 4.69) is 35.6 Å². The van der Waals surface area contributed by atoms with Crippen molar-refractivity contribution in [2.24, 2.45) is 0 Å². The van der Waals surface area contributed by atoms with Crippen molar-refractivity contribution >= 4 is 11.3 Å². The maximum Gasteiger partial charge on any atom is 0.0701 e. The summed E-state index contributed by atoms with van der Waals surface area (Å²) in [6, 6.07) is 2.19. The molecule has 1 saturated heterocycles. The minimum absolute atomic E-state index is 0.457. The lowest BCUT2D eigenvalue weighted by molar-refractivity contribution is -0.00123. The van der Waals surface area contributed by atoms with Gasteiger partial charge in [0.25, 0.3) is 0 Å². The van der Waals surface area contributed by atoms with Gasteiger partial charge in [-0.2, -0.15) is 0 Å². The van der Waals surface area contributed by atoms with Crippen LogP contribution in [0.2, 0.25) is 0 Å². The fourth-order valence-corrected chi connectivity index (χ4v) is 3.32. The van der Waals surface area contributed by atoms with E-state index in [0.29, 0.717) is 6.10 Å². The van der Waals surface area contributed by atoms with E-state index in [1.807, 2.05) is 11.3 Å². The van der Waals surface area contributed by atoms with Crippen LogP contribution in [0.3, 0.4) is 0 Å². The van der Waals surface area contributed by atoms with E-state index in [9.17, 15) is 0 Å². The van der Waals surface area contributed by atoms with Crippen LogP contribution in [0.25, 0.3) is 0 Å². The smallest absolute Gasteiger partial charge is 0.0701 e. The highest BCUT2D eigenvalue weighted by Crippen LogP contribution is 2.15. The molecule has 0 amide bonds. The Labute approximate surface area is 121 Å². The second-order valence-electron chi connectivity index (χ2n) is 5.45. The third kappa shape index (κ3) is 5.22. The van der Waals surface area contributed by atoms with Crippen molar-refractivity contribution in [1.29, 1.82) is 0 Å². The van der Waals surface area contributed by atoms with Crippen molar-refractivity contribution in [2.75, 3.05) is 33.3 Å². The molecule has 0 bridgehead atoms. The summed E-state index contributed by atoms with van der Waals surface area (Å²) >= 11 is 1.84. The molecule has 0 saturated carbocycles. The number of hydrogen-bond donors (Lipinski definition) is 1. The van der Waals surface area contributed by atoms with Crippen molar-refractivity contribution in [3.8, 4) is 0 Å². The highest BCUT2D eigenvalue weighted by molar-refractivity contribution is 7.10. The predicted molar refractivity (Wildman–Crippen MR) is 81.9 cm³/mol.